The second-order valence-corrected chi connectivity index (χ2v) is 4.15. The van der Waals surface area contributed by atoms with Gasteiger partial charge in [0.1, 0.15) is 5.75 Å². The molecule has 86 valence electrons. The van der Waals surface area contributed by atoms with E-state index in [1.807, 2.05) is 12.1 Å². The quantitative estimate of drug-likeness (QED) is 0.778. The van der Waals surface area contributed by atoms with Crippen LogP contribution in [0.25, 0.3) is 0 Å². The number of nitrogens with zero attached hydrogens (tertiary/aromatic N) is 2. The Morgan fingerprint density at radius 2 is 2.12 bits per heavy atom. The number of hydrogen-bond donors (Lipinski definition) is 0. The molecule has 1 aromatic carbocycles. The first-order chi connectivity index (χ1) is 7.58. The molecule has 16 heavy (non-hydrogen) atoms. The molecule has 0 saturated carbocycles. The summed E-state index contributed by atoms with van der Waals surface area (Å²) < 4.78 is 5.29. The van der Waals surface area contributed by atoms with Crippen molar-refractivity contribution in [3.63, 3.8) is 0 Å². The first-order valence-electron chi connectivity index (χ1n) is 5.35. The molecule has 0 aromatic heterocycles. The van der Waals surface area contributed by atoms with Crippen LogP contribution < -0.4 is 4.74 Å². The summed E-state index contributed by atoms with van der Waals surface area (Å²) in [5, 5.41) is 8.86. The summed E-state index contributed by atoms with van der Waals surface area (Å²) >= 11 is 0. The summed E-state index contributed by atoms with van der Waals surface area (Å²) in [5.41, 5.74) is 1.73. The first-order valence-corrected chi connectivity index (χ1v) is 5.35. The van der Waals surface area contributed by atoms with E-state index >= 15 is 0 Å². The first kappa shape index (κ1) is 12.5. The van der Waals surface area contributed by atoms with Crippen LogP contribution in [0.2, 0.25) is 0 Å². The lowest BCUT2D eigenvalue weighted by atomic mass is 10.1. The number of benzene rings is 1. The molecule has 0 atom stereocenters. The van der Waals surface area contributed by atoms with Crippen LogP contribution in [0.3, 0.4) is 0 Å². The van der Waals surface area contributed by atoms with Gasteiger partial charge in [0.15, 0.2) is 0 Å². The molecule has 1 rings (SSSR count). The molecule has 0 fully saturated rings. The van der Waals surface area contributed by atoms with E-state index in [1.54, 1.807) is 13.2 Å². The molecule has 0 amide bonds. The molecule has 3 heteroatoms. The van der Waals surface area contributed by atoms with Gasteiger partial charge in [0.05, 0.1) is 18.7 Å². The predicted octanol–water partition coefficient (Wildman–Crippen LogP) is 2.41. The number of nitriles is 1. The Bertz CT molecular complexity index is 393. The average Bonchev–Trinajstić information content (AvgIpc) is 2.28. The highest BCUT2D eigenvalue weighted by atomic mass is 16.5. The van der Waals surface area contributed by atoms with E-state index in [0.717, 1.165) is 17.9 Å². The van der Waals surface area contributed by atoms with Crippen molar-refractivity contribution in [2.45, 2.75) is 26.4 Å². The highest BCUT2D eigenvalue weighted by molar-refractivity contribution is 5.42. The zero-order chi connectivity index (χ0) is 12.1. The largest absolute Gasteiger partial charge is 0.496 e. The molecule has 0 bridgehead atoms. The van der Waals surface area contributed by atoms with Gasteiger partial charge in [-0.3, -0.25) is 4.90 Å². The minimum absolute atomic E-state index is 0.468. The van der Waals surface area contributed by atoms with E-state index in [2.05, 4.69) is 31.9 Å². The molecule has 1 aromatic rings. The van der Waals surface area contributed by atoms with Crippen LogP contribution in [-0.4, -0.2) is 25.1 Å². The third-order valence-corrected chi connectivity index (χ3v) is 2.71. The summed E-state index contributed by atoms with van der Waals surface area (Å²) in [6, 6.07) is 8.13. The second kappa shape index (κ2) is 5.53. The molecule has 0 aliphatic carbocycles. The lowest BCUT2D eigenvalue weighted by Gasteiger charge is -2.22. The Morgan fingerprint density at radius 3 is 2.62 bits per heavy atom. The fourth-order valence-corrected chi connectivity index (χ4v) is 1.42. The van der Waals surface area contributed by atoms with Crippen molar-refractivity contribution in [2.24, 2.45) is 0 Å². The van der Waals surface area contributed by atoms with Crippen LogP contribution in [0.15, 0.2) is 18.2 Å². The number of ether oxygens (including phenoxy) is 1. The van der Waals surface area contributed by atoms with E-state index in [9.17, 15) is 0 Å². The van der Waals surface area contributed by atoms with Gasteiger partial charge in [-0.2, -0.15) is 5.26 Å². The van der Waals surface area contributed by atoms with Crippen molar-refractivity contribution >= 4 is 0 Å². The van der Waals surface area contributed by atoms with Gasteiger partial charge in [-0.15, -0.1) is 0 Å². The predicted molar refractivity (Wildman–Crippen MR) is 64.3 cm³/mol. The molecule has 0 saturated heterocycles. The smallest absolute Gasteiger partial charge is 0.123 e. The van der Waals surface area contributed by atoms with E-state index in [4.69, 9.17) is 10.00 Å². The number of methoxy groups -OCH3 is 1. The molecular formula is C13H18N2O. The Labute approximate surface area is 97.3 Å². The van der Waals surface area contributed by atoms with Gasteiger partial charge < -0.3 is 4.74 Å². The Hall–Kier alpha value is -1.53. The normalized spacial score (nSPS) is 10.6. The standard InChI is InChI=1S/C13H18N2O/c1-10(2)15(3)9-12-7-11(8-14)5-6-13(12)16-4/h5-7,10H,9H2,1-4H3. The van der Waals surface area contributed by atoms with Crippen molar-refractivity contribution < 1.29 is 4.74 Å². The van der Waals surface area contributed by atoms with Crippen LogP contribution in [0, 0.1) is 11.3 Å². The van der Waals surface area contributed by atoms with Crippen LogP contribution in [0.1, 0.15) is 25.0 Å². The number of rotatable bonds is 4. The van der Waals surface area contributed by atoms with Gasteiger partial charge in [0.25, 0.3) is 0 Å². The molecule has 0 spiro atoms. The van der Waals surface area contributed by atoms with Crippen molar-refractivity contribution in [3.05, 3.63) is 29.3 Å². The maximum absolute atomic E-state index is 8.86. The van der Waals surface area contributed by atoms with Gasteiger partial charge in [0.2, 0.25) is 0 Å². The zero-order valence-electron chi connectivity index (χ0n) is 10.3. The topological polar surface area (TPSA) is 36.3 Å². The van der Waals surface area contributed by atoms with E-state index in [-0.39, 0.29) is 0 Å². The van der Waals surface area contributed by atoms with Crippen molar-refractivity contribution in [1.29, 1.82) is 5.26 Å². The molecule has 0 radical (unpaired) electrons. The van der Waals surface area contributed by atoms with Gasteiger partial charge in [0, 0.05) is 18.2 Å². The third-order valence-electron chi connectivity index (χ3n) is 2.71. The maximum atomic E-state index is 8.86. The summed E-state index contributed by atoms with van der Waals surface area (Å²) in [6.45, 7) is 5.07. The molecule has 3 nitrogen and oxygen atoms in total. The molecule has 0 aliphatic rings. The van der Waals surface area contributed by atoms with Gasteiger partial charge in [-0.25, -0.2) is 0 Å². The molecular weight excluding hydrogens is 200 g/mol. The monoisotopic (exact) mass is 218 g/mol. The summed E-state index contributed by atoms with van der Waals surface area (Å²) in [7, 11) is 3.71. The molecule has 0 N–H and O–H groups in total. The molecule has 0 aliphatic heterocycles. The molecule has 0 unspecified atom stereocenters. The maximum Gasteiger partial charge on any atom is 0.123 e. The molecule has 0 heterocycles. The Kier molecular flexibility index (Phi) is 4.33. The summed E-state index contributed by atoms with van der Waals surface area (Å²) in [4.78, 5) is 2.21. The van der Waals surface area contributed by atoms with Crippen molar-refractivity contribution in [2.75, 3.05) is 14.2 Å². The van der Waals surface area contributed by atoms with E-state index < -0.39 is 0 Å². The van der Waals surface area contributed by atoms with Crippen LogP contribution in [-0.2, 0) is 6.54 Å². The van der Waals surface area contributed by atoms with E-state index in [1.165, 1.54) is 0 Å². The minimum atomic E-state index is 0.468. The average molecular weight is 218 g/mol. The fraction of sp³-hybridized carbons (Fsp3) is 0.462. The highest BCUT2D eigenvalue weighted by Gasteiger charge is 2.09. The van der Waals surface area contributed by atoms with Gasteiger partial charge in [-0.05, 0) is 39.1 Å². The SMILES string of the molecule is COc1ccc(C#N)cc1CN(C)C(C)C. The second-order valence-electron chi connectivity index (χ2n) is 4.15. The lowest BCUT2D eigenvalue weighted by Crippen LogP contribution is -2.25. The van der Waals surface area contributed by atoms with E-state index in [0.29, 0.717) is 11.6 Å². The van der Waals surface area contributed by atoms with Gasteiger partial charge in [-0.1, -0.05) is 0 Å². The van der Waals surface area contributed by atoms with Crippen molar-refractivity contribution in [3.8, 4) is 11.8 Å². The van der Waals surface area contributed by atoms with Crippen LogP contribution in [0.5, 0.6) is 5.75 Å². The Balaban J connectivity index is 2.96. The van der Waals surface area contributed by atoms with Crippen LogP contribution >= 0.6 is 0 Å². The number of hydrogen-bond acceptors (Lipinski definition) is 3. The Morgan fingerprint density at radius 1 is 1.44 bits per heavy atom. The highest BCUT2D eigenvalue weighted by Crippen LogP contribution is 2.21. The summed E-state index contributed by atoms with van der Waals surface area (Å²) in [6.07, 6.45) is 0. The van der Waals surface area contributed by atoms with Gasteiger partial charge >= 0.3 is 0 Å². The van der Waals surface area contributed by atoms with Crippen molar-refractivity contribution in [1.82, 2.24) is 4.90 Å². The zero-order valence-corrected chi connectivity index (χ0v) is 10.3. The summed E-state index contributed by atoms with van der Waals surface area (Å²) in [5.74, 6) is 0.839. The minimum Gasteiger partial charge on any atom is -0.496 e. The fourth-order valence-electron chi connectivity index (χ4n) is 1.42. The van der Waals surface area contributed by atoms with Crippen LogP contribution in [0.4, 0.5) is 0 Å². The lowest BCUT2D eigenvalue weighted by molar-refractivity contribution is 0.261. The third kappa shape index (κ3) is 2.98.